The molecule has 0 bridgehead atoms. The Morgan fingerprint density at radius 1 is 1.35 bits per heavy atom. The molecular weight excluding hydrogens is 322 g/mol. The average molecular weight is 340 g/mol. The van der Waals surface area contributed by atoms with E-state index in [2.05, 4.69) is 15.7 Å². The number of carbonyl (C=O) groups is 1. The standard InChI is InChI=1S/C14H17N5O3.ClH/c1-2-15-9-11-5-3-4-6-12(11)16-14(20)10-18-8-7-13(17-18)19(21)22;/h3-8,15H,2,9-10H2,1H3,(H,16,20);1H. The lowest BCUT2D eigenvalue weighted by Crippen LogP contribution is -2.21. The molecule has 0 atom stereocenters. The number of aromatic nitrogens is 2. The van der Waals surface area contributed by atoms with Crippen molar-refractivity contribution in [3.05, 3.63) is 52.2 Å². The molecule has 0 radical (unpaired) electrons. The summed E-state index contributed by atoms with van der Waals surface area (Å²) in [6, 6.07) is 8.74. The van der Waals surface area contributed by atoms with E-state index in [0.717, 1.165) is 17.8 Å². The van der Waals surface area contributed by atoms with Crippen LogP contribution in [0.2, 0.25) is 0 Å². The second kappa shape index (κ2) is 8.86. The maximum atomic E-state index is 12.0. The number of amides is 1. The van der Waals surface area contributed by atoms with E-state index < -0.39 is 4.92 Å². The molecule has 2 rings (SSSR count). The molecule has 9 heteroatoms. The van der Waals surface area contributed by atoms with Crippen molar-refractivity contribution >= 4 is 29.8 Å². The molecule has 0 unspecified atom stereocenters. The molecule has 2 N–H and O–H groups in total. The van der Waals surface area contributed by atoms with Crippen LogP contribution in [-0.4, -0.2) is 27.2 Å². The highest BCUT2D eigenvalue weighted by molar-refractivity contribution is 5.91. The highest BCUT2D eigenvalue weighted by Crippen LogP contribution is 2.15. The fraction of sp³-hybridized carbons (Fsp3) is 0.286. The van der Waals surface area contributed by atoms with Crippen LogP contribution in [0, 0.1) is 10.1 Å². The third-order valence-corrected chi connectivity index (χ3v) is 2.98. The van der Waals surface area contributed by atoms with Gasteiger partial charge in [0.2, 0.25) is 5.91 Å². The molecule has 0 aliphatic heterocycles. The number of para-hydroxylation sites is 1. The van der Waals surface area contributed by atoms with E-state index in [4.69, 9.17) is 0 Å². The Balaban J connectivity index is 0.00000264. The van der Waals surface area contributed by atoms with Gasteiger partial charge >= 0.3 is 5.82 Å². The zero-order valence-electron chi connectivity index (χ0n) is 12.6. The number of halogens is 1. The van der Waals surface area contributed by atoms with Crippen LogP contribution in [0.4, 0.5) is 11.5 Å². The lowest BCUT2D eigenvalue weighted by Gasteiger charge is -2.10. The summed E-state index contributed by atoms with van der Waals surface area (Å²) < 4.78 is 1.24. The number of carbonyl (C=O) groups excluding carboxylic acids is 1. The minimum atomic E-state index is -0.597. The summed E-state index contributed by atoms with van der Waals surface area (Å²) in [4.78, 5) is 22.0. The van der Waals surface area contributed by atoms with Crippen LogP contribution in [0.25, 0.3) is 0 Å². The summed E-state index contributed by atoms with van der Waals surface area (Å²) in [5, 5.41) is 20.3. The number of benzene rings is 1. The van der Waals surface area contributed by atoms with E-state index >= 15 is 0 Å². The number of hydrogen-bond donors (Lipinski definition) is 2. The summed E-state index contributed by atoms with van der Waals surface area (Å²) in [6.45, 7) is 3.41. The fourth-order valence-corrected chi connectivity index (χ4v) is 1.93. The molecule has 1 aromatic heterocycles. The van der Waals surface area contributed by atoms with E-state index in [1.807, 2.05) is 31.2 Å². The molecule has 8 nitrogen and oxygen atoms in total. The highest BCUT2D eigenvalue weighted by atomic mass is 35.5. The summed E-state index contributed by atoms with van der Waals surface area (Å²) in [5.41, 5.74) is 1.69. The topological polar surface area (TPSA) is 102 Å². The maximum absolute atomic E-state index is 12.0. The molecular formula is C14H18ClN5O3. The monoisotopic (exact) mass is 339 g/mol. The SMILES string of the molecule is CCNCc1ccccc1NC(=O)Cn1ccc([N+](=O)[O-])n1.Cl. The van der Waals surface area contributed by atoms with Crippen LogP contribution in [0.5, 0.6) is 0 Å². The Morgan fingerprint density at radius 3 is 2.74 bits per heavy atom. The minimum absolute atomic E-state index is 0. The van der Waals surface area contributed by atoms with Gasteiger partial charge in [-0.15, -0.1) is 12.4 Å². The van der Waals surface area contributed by atoms with Crippen LogP contribution in [0.1, 0.15) is 12.5 Å². The van der Waals surface area contributed by atoms with Gasteiger partial charge < -0.3 is 20.7 Å². The smallest absolute Gasteiger partial charge is 0.358 e. The molecule has 124 valence electrons. The predicted molar refractivity (Wildman–Crippen MR) is 88.6 cm³/mol. The van der Waals surface area contributed by atoms with Gasteiger partial charge in [0, 0.05) is 12.2 Å². The molecule has 0 fully saturated rings. The summed E-state index contributed by atoms with van der Waals surface area (Å²) in [7, 11) is 0. The van der Waals surface area contributed by atoms with Crippen molar-refractivity contribution < 1.29 is 9.72 Å². The second-order valence-electron chi connectivity index (χ2n) is 4.61. The van der Waals surface area contributed by atoms with Crippen molar-refractivity contribution in [2.75, 3.05) is 11.9 Å². The number of nitrogens with one attached hydrogen (secondary N) is 2. The van der Waals surface area contributed by atoms with Crippen molar-refractivity contribution in [2.45, 2.75) is 20.0 Å². The zero-order chi connectivity index (χ0) is 15.9. The Kier molecular flexibility index (Phi) is 7.17. The van der Waals surface area contributed by atoms with Crippen LogP contribution in [0.15, 0.2) is 36.5 Å². The first kappa shape index (κ1) is 18.6. The first-order chi connectivity index (χ1) is 10.6. The average Bonchev–Trinajstić information content (AvgIpc) is 2.95. The van der Waals surface area contributed by atoms with Crippen LogP contribution in [-0.2, 0) is 17.9 Å². The van der Waals surface area contributed by atoms with Gasteiger partial charge in [-0.2, -0.15) is 4.68 Å². The van der Waals surface area contributed by atoms with Gasteiger partial charge in [-0.05, 0) is 23.1 Å². The van der Waals surface area contributed by atoms with Crippen LogP contribution in [0.3, 0.4) is 0 Å². The van der Waals surface area contributed by atoms with E-state index in [1.54, 1.807) is 0 Å². The molecule has 23 heavy (non-hydrogen) atoms. The number of hydrogen-bond acceptors (Lipinski definition) is 5. The molecule has 0 aliphatic rings. The Hall–Kier alpha value is -2.45. The lowest BCUT2D eigenvalue weighted by atomic mass is 10.1. The van der Waals surface area contributed by atoms with Gasteiger partial charge in [-0.25, -0.2) is 0 Å². The number of nitro groups is 1. The highest BCUT2D eigenvalue weighted by Gasteiger charge is 2.14. The molecule has 0 spiro atoms. The third kappa shape index (κ3) is 5.35. The van der Waals surface area contributed by atoms with Crippen molar-refractivity contribution in [2.24, 2.45) is 0 Å². The summed E-state index contributed by atoms with van der Waals surface area (Å²) in [5.74, 6) is -0.567. The van der Waals surface area contributed by atoms with E-state index in [0.29, 0.717) is 6.54 Å². The van der Waals surface area contributed by atoms with Crippen molar-refractivity contribution in [1.29, 1.82) is 0 Å². The molecule has 2 aromatic rings. The van der Waals surface area contributed by atoms with Crippen molar-refractivity contribution in [1.82, 2.24) is 15.1 Å². The van der Waals surface area contributed by atoms with Gasteiger partial charge in [-0.3, -0.25) is 4.79 Å². The lowest BCUT2D eigenvalue weighted by molar-refractivity contribution is -0.389. The minimum Gasteiger partial charge on any atom is -0.358 e. The van der Waals surface area contributed by atoms with Crippen LogP contribution < -0.4 is 10.6 Å². The Bertz CT molecular complexity index is 674. The van der Waals surface area contributed by atoms with Crippen molar-refractivity contribution in [3.63, 3.8) is 0 Å². The quantitative estimate of drug-likeness (QED) is 0.593. The van der Waals surface area contributed by atoms with Gasteiger partial charge in [-0.1, -0.05) is 25.1 Å². The maximum Gasteiger partial charge on any atom is 0.389 e. The Labute approximate surface area is 139 Å². The van der Waals surface area contributed by atoms with E-state index in [1.165, 1.54) is 16.9 Å². The first-order valence-electron chi connectivity index (χ1n) is 6.86. The molecule has 0 saturated carbocycles. The van der Waals surface area contributed by atoms with Gasteiger partial charge in [0.25, 0.3) is 0 Å². The Morgan fingerprint density at radius 2 is 2.09 bits per heavy atom. The van der Waals surface area contributed by atoms with Crippen LogP contribution >= 0.6 is 12.4 Å². The predicted octanol–water partition coefficient (Wildman–Crippen LogP) is 1.96. The largest absolute Gasteiger partial charge is 0.389 e. The summed E-state index contributed by atoms with van der Waals surface area (Å²) >= 11 is 0. The molecule has 1 heterocycles. The molecule has 0 aliphatic carbocycles. The summed E-state index contributed by atoms with van der Waals surface area (Å²) in [6.07, 6.45) is 1.41. The van der Waals surface area contributed by atoms with Gasteiger partial charge in [0.15, 0.2) is 0 Å². The van der Waals surface area contributed by atoms with Gasteiger partial charge in [0.05, 0.1) is 17.4 Å². The first-order valence-corrected chi connectivity index (χ1v) is 6.86. The van der Waals surface area contributed by atoms with Gasteiger partial charge in [0.1, 0.15) is 6.54 Å². The second-order valence-corrected chi connectivity index (χ2v) is 4.61. The van der Waals surface area contributed by atoms with E-state index in [9.17, 15) is 14.9 Å². The molecule has 1 amide bonds. The number of rotatable bonds is 7. The van der Waals surface area contributed by atoms with E-state index in [-0.39, 0.29) is 30.7 Å². The molecule has 1 aromatic carbocycles. The normalized spacial score (nSPS) is 9.96. The van der Waals surface area contributed by atoms with Crippen molar-refractivity contribution in [3.8, 4) is 0 Å². The number of nitrogens with zero attached hydrogens (tertiary/aromatic N) is 3. The molecule has 0 saturated heterocycles. The number of anilines is 1. The zero-order valence-corrected chi connectivity index (χ0v) is 13.4. The third-order valence-electron chi connectivity index (χ3n) is 2.98. The fourth-order valence-electron chi connectivity index (χ4n) is 1.93.